The largest absolute Gasteiger partial charge is 0.545 e. The summed E-state index contributed by atoms with van der Waals surface area (Å²) < 4.78 is 11.4. The van der Waals surface area contributed by atoms with Gasteiger partial charge >= 0.3 is 0 Å². The van der Waals surface area contributed by atoms with E-state index in [-0.39, 0.29) is 5.56 Å². The molecule has 0 N–H and O–H groups in total. The van der Waals surface area contributed by atoms with E-state index in [0.717, 1.165) is 4.47 Å². The fourth-order valence-corrected chi connectivity index (χ4v) is 2.64. The molecule has 122 valence electrons. The summed E-state index contributed by atoms with van der Waals surface area (Å²) in [6.45, 7) is 0. The molecule has 2 aromatic carbocycles. The van der Waals surface area contributed by atoms with Crippen LogP contribution < -0.4 is 14.6 Å². The highest BCUT2D eigenvalue weighted by atomic mass is 79.9. The van der Waals surface area contributed by atoms with Gasteiger partial charge in [0.25, 0.3) is 0 Å². The van der Waals surface area contributed by atoms with Gasteiger partial charge in [0.05, 0.1) is 31.8 Å². The van der Waals surface area contributed by atoms with Crippen molar-refractivity contribution < 1.29 is 19.4 Å². The Balaban J connectivity index is 2.53. The zero-order valence-corrected chi connectivity index (χ0v) is 14.6. The molecular weight excluding hydrogens is 374 g/mol. The van der Waals surface area contributed by atoms with E-state index in [9.17, 15) is 15.2 Å². The molecule has 0 saturated heterocycles. The molecule has 0 amide bonds. The van der Waals surface area contributed by atoms with Crippen molar-refractivity contribution in [2.24, 2.45) is 0 Å². The average Bonchev–Trinajstić information content (AvgIpc) is 2.59. The van der Waals surface area contributed by atoms with Crippen LogP contribution in [-0.2, 0) is 0 Å². The fraction of sp³-hybridized carbons (Fsp3) is 0.111. The molecule has 0 aliphatic heterocycles. The lowest BCUT2D eigenvalue weighted by Gasteiger charge is -2.12. The maximum atomic E-state index is 10.8. The number of hydrogen-bond donors (Lipinski definition) is 0. The SMILES string of the molecule is COc1cc(Br)cc(/C=C(/C#N)c2ccc(C(=O)[O-])cc2)c1OC. The summed E-state index contributed by atoms with van der Waals surface area (Å²) in [7, 11) is 3.05. The van der Waals surface area contributed by atoms with E-state index in [4.69, 9.17) is 9.47 Å². The molecule has 0 aromatic heterocycles. The van der Waals surface area contributed by atoms with Gasteiger partial charge in [-0.25, -0.2) is 0 Å². The second-order valence-electron chi connectivity index (χ2n) is 4.77. The zero-order chi connectivity index (χ0) is 17.7. The van der Waals surface area contributed by atoms with E-state index in [2.05, 4.69) is 22.0 Å². The summed E-state index contributed by atoms with van der Waals surface area (Å²) in [5.41, 5.74) is 1.66. The van der Waals surface area contributed by atoms with Gasteiger partial charge in [0.15, 0.2) is 11.5 Å². The van der Waals surface area contributed by atoms with Gasteiger partial charge in [-0.15, -0.1) is 0 Å². The zero-order valence-electron chi connectivity index (χ0n) is 13.0. The lowest BCUT2D eigenvalue weighted by Crippen LogP contribution is -2.21. The minimum atomic E-state index is -1.26. The van der Waals surface area contributed by atoms with E-state index in [1.54, 1.807) is 30.3 Å². The smallest absolute Gasteiger partial charge is 0.168 e. The molecular formula is C18H13BrNO4-. The van der Waals surface area contributed by atoms with Crippen LogP contribution in [0.1, 0.15) is 21.5 Å². The second-order valence-corrected chi connectivity index (χ2v) is 5.68. The predicted molar refractivity (Wildman–Crippen MR) is 91.5 cm³/mol. The summed E-state index contributed by atoms with van der Waals surface area (Å²) >= 11 is 3.39. The normalized spacial score (nSPS) is 10.8. The summed E-state index contributed by atoms with van der Waals surface area (Å²) in [5.74, 6) is -0.232. The van der Waals surface area contributed by atoms with Gasteiger partial charge < -0.3 is 19.4 Å². The number of carboxylic acid groups (broad SMARTS) is 1. The number of hydrogen-bond acceptors (Lipinski definition) is 5. The fourth-order valence-electron chi connectivity index (χ4n) is 2.19. The minimum Gasteiger partial charge on any atom is -0.545 e. The van der Waals surface area contributed by atoms with E-state index in [0.29, 0.717) is 28.2 Å². The van der Waals surface area contributed by atoms with E-state index in [1.807, 2.05) is 0 Å². The van der Waals surface area contributed by atoms with Crippen LogP contribution in [-0.4, -0.2) is 20.2 Å². The molecule has 6 heteroatoms. The molecule has 24 heavy (non-hydrogen) atoms. The first-order chi connectivity index (χ1) is 11.5. The standard InChI is InChI=1S/C18H14BrNO4/c1-23-16-9-15(19)8-13(17(16)24-2)7-14(10-20)11-3-5-12(6-4-11)18(21)22/h3-9H,1-2H3,(H,21,22)/p-1/b14-7-. The minimum absolute atomic E-state index is 0.0535. The molecule has 0 aliphatic rings. The van der Waals surface area contributed by atoms with Crippen LogP contribution in [0.15, 0.2) is 40.9 Å². The number of carboxylic acids is 1. The van der Waals surface area contributed by atoms with Gasteiger partial charge in [-0.3, -0.25) is 0 Å². The highest BCUT2D eigenvalue weighted by Gasteiger charge is 2.12. The maximum Gasteiger partial charge on any atom is 0.168 e. The third kappa shape index (κ3) is 3.76. The van der Waals surface area contributed by atoms with Crippen LogP contribution in [0.25, 0.3) is 11.6 Å². The van der Waals surface area contributed by atoms with Gasteiger partial charge in [-0.2, -0.15) is 5.26 Å². The van der Waals surface area contributed by atoms with Crippen LogP contribution in [0.4, 0.5) is 0 Å². The number of halogens is 1. The Labute approximate surface area is 147 Å². The molecule has 0 heterocycles. The highest BCUT2D eigenvalue weighted by molar-refractivity contribution is 9.10. The number of nitriles is 1. The summed E-state index contributed by atoms with van der Waals surface area (Å²) in [4.78, 5) is 10.8. The van der Waals surface area contributed by atoms with Gasteiger partial charge in [-0.05, 0) is 29.3 Å². The summed E-state index contributed by atoms with van der Waals surface area (Å²) in [6, 6.07) is 11.6. The first kappa shape index (κ1) is 17.6. The number of methoxy groups -OCH3 is 2. The number of allylic oxidation sites excluding steroid dienone is 1. The predicted octanol–water partition coefficient (Wildman–Crippen LogP) is 2.89. The Morgan fingerprint density at radius 3 is 2.29 bits per heavy atom. The molecule has 2 aromatic rings. The molecule has 0 bridgehead atoms. The number of ether oxygens (including phenoxy) is 2. The van der Waals surface area contributed by atoms with Crippen molar-refractivity contribution in [2.45, 2.75) is 0 Å². The number of carbonyl (C=O) groups excluding carboxylic acids is 1. The molecule has 2 rings (SSSR count). The Kier molecular flexibility index (Phi) is 5.61. The van der Waals surface area contributed by atoms with Crippen molar-refractivity contribution in [2.75, 3.05) is 14.2 Å². The Bertz CT molecular complexity index is 835. The van der Waals surface area contributed by atoms with Crippen LogP contribution in [0, 0.1) is 11.3 Å². The molecule has 0 aliphatic carbocycles. The van der Waals surface area contributed by atoms with Crippen LogP contribution in [0.2, 0.25) is 0 Å². The summed E-state index contributed by atoms with van der Waals surface area (Å²) in [6.07, 6.45) is 1.65. The van der Waals surface area contributed by atoms with Crippen LogP contribution >= 0.6 is 15.9 Å². The van der Waals surface area contributed by atoms with Crippen molar-refractivity contribution in [1.82, 2.24) is 0 Å². The third-order valence-electron chi connectivity index (χ3n) is 3.32. The lowest BCUT2D eigenvalue weighted by atomic mass is 10.0. The van der Waals surface area contributed by atoms with E-state index in [1.165, 1.54) is 26.4 Å². The van der Waals surface area contributed by atoms with Gasteiger partial charge in [0.1, 0.15) is 0 Å². The Morgan fingerprint density at radius 1 is 1.17 bits per heavy atom. The first-order valence-electron chi connectivity index (χ1n) is 6.85. The van der Waals surface area contributed by atoms with Gasteiger partial charge in [-0.1, -0.05) is 40.2 Å². The molecule has 0 fully saturated rings. The summed E-state index contributed by atoms with van der Waals surface area (Å²) in [5, 5.41) is 20.3. The van der Waals surface area contributed by atoms with Crippen molar-refractivity contribution >= 4 is 33.5 Å². The third-order valence-corrected chi connectivity index (χ3v) is 3.78. The molecule has 0 radical (unpaired) electrons. The van der Waals surface area contributed by atoms with Crippen LogP contribution in [0.5, 0.6) is 11.5 Å². The van der Waals surface area contributed by atoms with Crippen molar-refractivity contribution in [3.63, 3.8) is 0 Å². The second kappa shape index (κ2) is 7.66. The number of rotatable bonds is 5. The molecule has 0 saturated carbocycles. The lowest BCUT2D eigenvalue weighted by molar-refractivity contribution is -0.255. The number of nitrogens with zero attached hydrogens (tertiary/aromatic N) is 1. The number of carbonyl (C=O) groups is 1. The molecule has 5 nitrogen and oxygen atoms in total. The first-order valence-corrected chi connectivity index (χ1v) is 7.64. The molecule has 0 spiro atoms. The van der Waals surface area contributed by atoms with Crippen molar-refractivity contribution in [3.8, 4) is 17.6 Å². The molecule has 0 unspecified atom stereocenters. The quantitative estimate of drug-likeness (QED) is 0.582. The maximum absolute atomic E-state index is 10.8. The van der Waals surface area contributed by atoms with Crippen molar-refractivity contribution in [1.29, 1.82) is 5.26 Å². The highest BCUT2D eigenvalue weighted by Crippen LogP contribution is 2.36. The van der Waals surface area contributed by atoms with Gasteiger partial charge in [0, 0.05) is 10.0 Å². The average molecular weight is 387 g/mol. The van der Waals surface area contributed by atoms with Crippen LogP contribution in [0.3, 0.4) is 0 Å². The number of aromatic carboxylic acids is 1. The van der Waals surface area contributed by atoms with E-state index >= 15 is 0 Å². The number of benzene rings is 2. The van der Waals surface area contributed by atoms with Gasteiger partial charge in [0.2, 0.25) is 0 Å². The monoisotopic (exact) mass is 386 g/mol. The molecule has 0 atom stereocenters. The Morgan fingerprint density at radius 2 is 1.79 bits per heavy atom. The topological polar surface area (TPSA) is 82.4 Å². The Hall–Kier alpha value is -2.78. The van der Waals surface area contributed by atoms with E-state index < -0.39 is 5.97 Å². The van der Waals surface area contributed by atoms with Crippen molar-refractivity contribution in [3.05, 3.63) is 57.6 Å².